The van der Waals surface area contributed by atoms with E-state index in [4.69, 9.17) is 0 Å². The van der Waals surface area contributed by atoms with Crippen molar-refractivity contribution in [2.45, 2.75) is 19.6 Å². The molecule has 1 heterocycles. The Bertz CT molecular complexity index is 1350. The lowest BCUT2D eigenvalue weighted by atomic mass is 10.2. The van der Waals surface area contributed by atoms with Gasteiger partial charge in [-0.3, -0.25) is 18.8 Å². The molecule has 166 valence electrons. The number of aromatic nitrogens is 2. The van der Waals surface area contributed by atoms with Gasteiger partial charge < -0.3 is 5.11 Å². The predicted molar refractivity (Wildman–Crippen MR) is 127 cm³/mol. The van der Waals surface area contributed by atoms with Crippen LogP contribution in [0.15, 0.2) is 107 Å². The average Bonchev–Trinajstić information content (AvgIpc) is 2.84. The number of nitrogens with zero attached hydrogens (tertiary/aromatic N) is 3. The summed E-state index contributed by atoms with van der Waals surface area (Å²) in [6.45, 7) is 0.237. The summed E-state index contributed by atoms with van der Waals surface area (Å²) in [5.74, 6) is 0. The van der Waals surface area contributed by atoms with Gasteiger partial charge in [0, 0.05) is 6.20 Å². The lowest BCUT2D eigenvalue weighted by molar-refractivity contribution is 0.201. The van der Waals surface area contributed by atoms with Crippen molar-refractivity contribution in [1.82, 2.24) is 9.13 Å². The molecule has 0 saturated heterocycles. The van der Waals surface area contributed by atoms with Crippen LogP contribution >= 0.6 is 0 Å². The van der Waals surface area contributed by atoms with Gasteiger partial charge in [0.05, 0.1) is 19.6 Å². The fraction of sp³-hybridized carbons (Fsp3) is 0.115. The molecule has 4 aromatic rings. The summed E-state index contributed by atoms with van der Waals surface area (Å²) in [6, 6.07) is 27.5. The molecule has 7 heteroatoms. The molecule has 0 aliphatic heterocycles. The number of anilines is 1. The number of hydrogen-bond acceptors (Lipinski definition) is 3. The molecule has 4 rings (SSSR count). The van der Waals surface area contributed by atoms with Gasteiger partial charge in [-0.1, -0.05) is 91.0 Å². The van der Waals surface area contributed by atoms with Gasteiger partial charge in [0.2, 0.25) is 0 Å². The van der Waals surface area contributed by atoms with Gasteiger partial charge in [-0.2, -0.15) is 0 Å². The first-order valence-corrected chi connectivity index (χ1v) is 10.5. The van der Waals surface area contributed by atoms with Crippen molar-refractivity contribution < 1.29 is 9.90 Å². The second kappa shape index (κ2) is 9.82. The highest BCUT2D eigenvalue weighted by atomic mass is 16.4. The minimum atomic E-state index is -1.27. The molecular formula is C26H23N3O4. The Balaban J connectivity index is 1.84. The molecule has 0 spiro atoms. The Morgan fingerprint density at radius 3 is 1.73 bits per heavy atom. The molecular weight excluding hydrogens is 418 g/mol. The Kier molecular flexibility index (Phi) is 6.50. The Labute approximate surface area is 190 Å². The summed E-state index contributed by atoms with van der Waals surface area (Å²) in [7, 11) is 0. The van der Waals surface area contributed by atoms with Crippen LogP contribution in [0.5, 0.6) is 0 Å². The fourth-order valence-corrected chi connectivity index (χ4v) is 3.64. The summed E-state index contributed by atoms with van der Waals surface area (Å²) >= 11 is 0. The highest BCUT2D eigenvalue weighted by Gasteiger charge is 2.22. The zero-order chi connectivity index (χ0) is 23.2. The van der Waals surface area contributed by atoms with E-state index in [9.17, 15) is 19.5 Å². The number of benzene rings is 3. The zero-order valence-electron chi connectivity index (χ0n) is 17.9. The second-order valence-electron chi connectivity index (χ2n) is 7.64. The molecule has 1 amide bonds. The van der Waals surface area contributed by atoms with Crippen molar-refractivity contribution in [3.05, 3.63) is 135 Å². The van der Waals surface area contributed by atoms with Crippen LogP contribution < -0.4 is 16.1 Å². The van der Waals surface area contributed by atoms with E-state index in [0.29, 0.717) is 0 Å². The van der Waals surface area contributed by atoms with E-state index in [1.807, 2.05) is 66.7 Å². The lowest BCUT2D eigenvalue weighted by Crippen LogP contribution is -2.44. The number of hydrogen-bond donors (Lipinski definition) is 1. The van der Waals surface area contributed by atoms with Crippen LogP contribution in [-0.2, 0) is 19.6 Å². The summed E-state index contributed by atoms with van der Waals surface area (Å²) in [5, 5.41) is 9.93. The Hall–Kier alpha value is -4.39. The van der Waals surface area contributed by atoms with Gasteiger partial charge in [-0.05, 0) is 16.7 Å². The van der Waals surface area contributed by atoms with E-state index < -0.39 is 17.3 Å². The molecule has 7 nitrogen and oxygen atoms in total. The van der Waals surface area contributed by atoms with E-state index in [0.717, 1.165) is 26.2 Å². The van der Waals surface area contributed by atoms with Crippen LogP contribution in [0.4, 0.5) is 10.5 Å². The zero-order valence-corrected chi connectivity index (χ0v) is 17.9. The third-order valence-corrected chi connectivity index (χ3v) is 5.30. The predicted octanol–water partition coefficient (Wildman–Crippen LogP) is 3.79. The lowest BCUT2D eigenvalue weighted by Gasteiger charge is -2.21. The molecule has 3 aromatic carbocycles. The van der Waals surface area contributed by atoms with E-state index in [2.05, 4.69) is 0 Å². The van der Waals surface area contributed by atoms with Crippen LogP contribution in [0.25, 0.3) is 0 Å². The van der Waals surface area contributed by atoms with E-state index >= 15 is 0 Å². The van der Waals surface area contributed by atoms with Gasteiger partial charge in [-0.15, -0.1) is 0 Å². The molecule has 33 heavy (non-hydrogen) atoms. The van der Waals surface area contributed by atoms with Crippen molar-refractivity contribution in [1.29, 1.82) is 0 Å². The number of rotatable bonds is 7. The van der Waals surface area contributed by atoms with Gasteiger partial charge in [-0.25, -0.2) is 9.59 Å². The maximum atomic E-state index is 13.4. The van der Waals surface area contributed by atoms with Crippen molar-refractivity contribution in [2.24, 2.45) is 0 Å². The topological polar surface area (TPSA) is 84.5 Å². The monoisotopic (exact) mass is 441 g/mol. The molecule has 0 radical (unpaired) electrons. The van der Waals surface area contributed by atoms with Crippen LogP contribution in [0, 0.1) is 0 Å². The largest absolute Gasteiger partial charge is 0.465 e. The maximum Gasteiger partial charge on any atom is 0.412 e. The van der Waals surface area contributed by atoms with Crippen molar-refractivity contribution in [2.75, 3.05) is 4.90 Å². The van der Waals surface area contributed by atoms with E-state index in [1.165, 1.54) is 10.8 Å². The molecule has 0 atom stereocenters. The normalized spacial score (nSPS) is 10.7. The summed E-state index contributed by atoms with van der Waals surface area (Å²) in [4.78, 5) is 39.8. The molecule has 1 aromatic heterocycles. The summed E-state index contributed by atoms with van der Waals surface area (Å²) < 4.78 is 2.48. The molecule has 0 saturated carbocycles. The third kappa shape index (κ3) is 5.10. The standard InChI is InChI=1S/C26H23N3O4/c30-24-23(28(26(32)33)17-21-12-6-2-7-13-21)19-27(16-20-10-4-1-5-11-20)25(31)29(24)18-22-14-8-3-9-15-22/h1-15,19H,16-18H2,(H,32,33). The van der Waals surface area contributed by atoms with Crippen LogP contribution in [0.2, 0.25) is 0 Å². The molecule has 1 N–H and O–H groups in total. The number of carboxylic acid groups (broad SMARTS) is 1. The van der Waals surface area contributed by atoms with Gasteiger partial charge >= 0.3 is 11.8 Å². The van der Waals surface area contributed by atoms with Crippen LogP contribution in [0.1, 0.15) is 16.7 Å². The SMILES string of the molecule is O=C(O)N(Cc1ccccc1)c1cn(Cc2ccccc2)c(=O)n(Cc2ccccc2)c1=O. The molecule has 0 aliphatic carbocycles. The quantitative estimate of drug-likeness (QED) is 0.473. The fourth-order valence-electron chi connectivity index (χ4n) is 3.64. The maximum absolute atomic E-state index is 13.4. The van der Waals surface area contributed by atoms with Gasteiger partial charge in [0.1, 0.15) is 5.69 Å². The highest BCUT2D eigenvalue weighted by Crippen LogP contribution is 2.14. The average molecular weight is 441 g/mol. The van der Waals surface area contributed by atoms with Gasteiger partial charge in [0.25, 0.3) is 5.56 Å². The Morgan fingerprint density at radius 2 is 1.21 bits per heavy atom. The van der Waals surface area contributed by atoms with E-state index in [-0.39, 0.29) is 25.3 Å². The molecule has 0 bridgehead atoms. The first-order chi connectivity index (χ1) is 16.0. The minimum absolute atomic E-state index is 0.0136. The smallest absolute Gasteiger partial charge is 0.412 e. The van der Waals surface area contributed by atoms with Crippen LogP contribution in [-0.4, -0.2) is 20.3 Å². The molecule has 0 aliphatic rings. The van der Waals surface area contributed by atoms with Crippen LogP contribution in [0.3, 0.4) is 0 Å². The van der Waals surface area contributed by atoms with Gasteiger partial charge in [0.15, 0.2) is 0 Å². The first kappa shape index (κ1) is 21.8. The minimum Gasteiger partial charge on any atom is -0.465 e. The summed E-state index contributed by atoms with van der Waals surface area (Å²) in [6.07, 6.45) is 0.0723. The van der Waals surface area contributed by atoms with Crippen molar-refractivity contribution in [3.8, 4) is 0 Å². The number of carbonyl (C=O) groups is 1. The van der Waals surface area contributed by atoms with E-state index in [1.54, 1.807) is 24.3 Å². The third-order valence-electron chi connectivity index (χ3n) is 5.30. The number of amides is 1. The second-order valence-corrected chi connectivity index (χ2v) is 7.64. The summed E-state index contributed by atoms with van der Waals surface area (Å²) in [5.41, 5.74) is 1.14. The highest BCUT2D eigenvalue weighted by molar-refractivity contribution is 5.85. The molecule has 0 unspecified atom stereocenters. The van der Waals surface area contributed by atoms with Crippen molar-refractivity contribution in [3.63, 3.8) is 0 Å². The molecule has 0 fully saturated rings. The van der Waals surface area contributed by atoms with Crippen molar-refractivity contribution >= 4 is 11.8 Å². The Morgan fingerprint density at radius 1 is 0.727 bits per heavy atom. The first-order valence-electron chi connectivity index (χ1n) is 10.5.